The Bertz CT molecular complexity index is 1920. The van der Waals surface area contributed by atoms with E-state index < -0.39 is 12.0 Å². The van der Waals surface area contributed by atoms with E-state index >= 15 is 0 Å². The monoisotopic (exact) mass is 665 g/mol. The van der Waals surface area contributed by atoms with Crippen LogP contribution in [-0.2, 0) is 29.2 Å². The van der Waals surface area contributed by atoms with Crippen LogP contribution in [0.15, 0.2) is 132 Å². The van der Waals surface area contributed by atoms with E-state index in [1.807, 2.05) is 129 Å². The van der Waals surface area contributed by atoms with Crippen molar-refractivity contribution in [2.24, 2.45) is 4.99 Å². The Morgan fingerprint density at radius 1 is 0.840 bits per heavy atom. The highest BCUT2D eigenvalue weighted by Crippen LogP contribution is 2.28. The zero-order valence-electron chi connectivity index (χ0n) is 28.6. The van der Waals surface area contributed by atoms with Gasteiger partial charge in [0.1, 0.15) is 12.4 Å². The van der Waals surface area contributed by atoms with Crippen molar-refractivity contribution in [3.8, 4) is 5.75 Å². The lowest BCUT2D eigenvalue weighted by molar-refractivity contribution is -0.138. The molecular weight excluding hydrogens is 622 g/mol. The summed E-state index contributed by atoms with van der Waals surface area (Å²) in [4.78, 5) is 33.9. The number of amides is 1. The van der Waals surface area contributed by atoms with Crippen LogP contribution in [0.4, 0.5) is 5.69 Å². The van der Waals surface area contributed by atoms with Crippen molar-refractivity contribution in [1.29, 1.82) is 0 Å². The van der Waals surface area contributed by atoms with Gasteiger partial charge in [-0.3, -0.25) is 14.7 Å². The molecule has 1 fully saturated rings. The number of aliphatic carboxylic acids is 1. The summed E-state index contributed by atoms with van der Waals surface area (Å²) in [5.41, 5.74) is 7.61. The first-order chi connectivity index (χ1) is 24.4. The summed E-state index contributed by atoms with van der Waals surface area (Å²) in [5.74, 6) is -0.359. The van der Waals surface area contributed by atoms with Crippen LogP contribution in [0.3, 0.4) is 0 Å². The highest BCUT2D eigenvalue weighted by Gasteiger charge is 2.31. The summed E-state index contributed by atoms with van der Waals surface area (Å²) in [7, 11) is 0. The Hall–Kier alpha value is -5.53. The highest BCUT2D eigenvalue weighted by molar-refractivity contribution is 6.17. The fraction of sp³-hybridized carbons (Fsp3) is 0.233. The predicted octanol–water partition coefficient (Wildman–Crippen LogP) is 8.02. The molecule has 0 bridgehead atoms. The van der Waals surface area contributed by atoms with Gasteiger partial charge in [-0.25, -0.2) is 4.79 Å². The number of anilines is 1. The third kappa shape index (κ3) is 8.54. The minimum Gasteiger partial charge on any atom is -0.489 e. The maximum Gasteiger partial charge on any atom is 0.328 e. The molecule has 2 atom stereocenters. The van der Waals surface area contributed by atoms with Crippen LogP contribution in [0.2, 0.25) is 0 Å². The summed E-state index contributed by atoms with van der Waals surface area (Å²) in [6, 6.07) is 39.9. The average molecular weight is 666 g/mol. The number of carboxylic acid groups (broad SMARTS) is 1. The fourth-order valence-electron chi connectivity index (χ4n) is 6.68. The quantitative estimate of drug-likeness (QED) is 0.124. The molecule has 1 saturated heterocycles. The van der Waals surface area contributed by atoms with Crippen LogP contribution >= 0.6 is 0 Å². The number of nitrogens with zero attached hydrogens (tertiary/aromatic N) is 2. The second-order valence-electron chi connectivity index (χ2n) is 12.9. The molecule has 1 amide bonds. The van der Waals surface area contributed by atoms with Gasteiger partial charge in [0.2, 0.25) is 5.91 Å². The van der Waals surface area contributed by atoms with Gasteiger partial charge in [-0.15, -0.1) is 0 Å². The summed E-state index contributed by atoms with van der Waals surface area (Å²) in [6.07, 6.45) is 1.92. The first-order valence-electron chi connectivity index (χ1n) is 17.2. The predicted molar refractivity (Wildman–Crippen MR) is 199 cm³/mol. The van der Waals surface area contributed by atoms with Gasteiger partial charge in [0.15, 0.2) is 6.04 Å². The van der Waals surface area contributed by atoms with Crippen LogP contribution in [0.25, 0.3) is 0 Å². The lowest BCUT2D eigenvalue weighted by Crippen LogP contribution is -2.39. The summed E-state index contributed by atoms with van der Waals surface area (Å²) in [6.45, 7) is 5.96. The SMILES string of the molecule is Cc1cc(OCc2ccccc2)cc(C)c1C[C@@H](N=C(c1ccccc1)c1ccccc1NC(=O)[C@@H]1CCCN1Cc1ccccc1)C(=O)O. The smallest absolute Gasteiger partial charge is 0.328 e. The van der Waals surface area contributed by atoms with E-state index in [0.717, 1.165) is 53.0 Å². The number of hydrogen-bond donors (Lipinski definition) is 2. The van der Waals surface area contributed by atoms with Crippen LogP contribution in [0, 0.1) is 13.8 Å². The zero-order chi connectivity index (χ0) is 34.9. The third-order valence-corrected chi connectivity index (χ3v) is 9.27. The standard InChI is InChI=1S/C43H43N3O4/c1-30-25-35(50-29-33-17-8-4-9-18-33)26-31(2)37(30)27-39(43(48)49)44-41(34-19-10-5-11-20-34)36-21-12-13-22-38(36)45-42(47)40-23-14-24-46(40)28-32-15-6-3-7-16-32/h3-13,15-22,25-26,39-40H,14,23-24,27-29H2,1-2H3,(H,45,47)(H,48,49)/t39-,40+/m1/s1. The number of carbonyl (C=O) groups excluding carboxylic acids is 1. The van der Waals surface area contributed by atoms with E-state index in [0.29, 0.717) is 30.1 Å². The minimum atomic E-state index is -1.07. The Kier molecular flexibility index (Phi) is 11.2. The van der Waals surface area contributed by atoms with E-state index in [2.05, 4.69) is 22.3 Å². The first kappa shape index (κ1) is 34.3. The van der Waals surface area contributed by atoms with Crippen molar-refractivity contribution in [3.05, 3.63) is 166 Å². The first-order valence-corrected chi connectivity index (χ1v) is 17.2. The number of aliphatic imine (C=N–C) groups is 1. The number of hydrogen-bond acceptors (Lipinski definition) is 5. The molecule has 7 nitrogen and oxygen atoms in total. The van der Waals surface area contributed by atoms with E-state index in [4.69, 9.17) is 9.73 Å². The van der Waals surface area contributed by atoms with Crippen LogP contribution in [0.1, 0.15) is 51.8 Å². The van der Waals surface area contributed by atoms with Crippen molar-refractivity contribution >= 4 is 23.3 Å². The molecule has 0 aromatic heterocycles. The van der Waals surface area contributed by atoms with E-state index in [1.54, 1.807) is 0 Å². The lowest BCUT2D eigenvalue weighted by atomic mass is 9.95. The second-order valence-corrected chi connectivity index (χ2v) is 12.9. The Balaban J connectivity index is 1.27. The van der Waals surface area contributed by atoms with Gasteiger partial charge in [-0.1, -0.05) is 109 Å². The Morgan fingerprint density at radius 2 is 1.44 bits per heavy atom. The van der Waals surface area contributed by atoms with Crippen molar-refractivity contribution < 1.29 is 19.4 Å². The number of rotatable bonds is 13. The van der Waals surface area contributed by atoms with E-state index in [1.165, 1.54) is 5.56 Å². The van der Waals surface area contributed by atoms with Crippen molar-refractivity contribution in [1.82, 2.24) is 4.90 Å². The molecule has 5 aromatic carbocycles. The van der Waals surface area contributed by atoms with Gasteiger partial charge in [0, 0.05) is 24.1 Å². The van der Waals surface area contributed by atoms with Gasteiger partial charge in [0.25, 0.3) is 0 Å². The molecule has 1 aliphatic heterocycles. The fourth-order valence-corrected chi connectivity index (χ4v) is 6.68. The van der Waals surface area contributed by atoms with Crippen LogP contribution < -0.4 is 10.1 Å². The molecule has 254 valence electrons. The molecule has 5 aromatic rings. The average Bonchev–Trinajstić information content (AvgIpc) is 3.60. The topological polar surface area (TPSA) is 91.2 Å². The van der Waals surface area contributed by atoms with E-state index in [-0.39, 0.29) is 18.4 Å². The number of benzene rings is 5. The van der Waals surface area contributed by atoms with Crippen molar-refractivity contribution in [2.45, 2.75) is 58.3 Å². The molecule has 6 rings (SSSR count). The van der Waals surface area contributed by atoms with E-state index in [9.17, 15) is 14.7 Å². The van der Waals surface area contributed by atoms with Crippen molar-refractivity contribution in [3.63, 3.8) is 0 Å². The van der Waals surface area contributed by atoms with Gasteiger partial charge >= 0.3 is 5.97 Å². The highest BCUT2D eigenvalue weighted by atomic mass is 16.5. The minimum absolute atomic E-state index is 0.0751. The molecule has 2 N–H and O–H groups in total. The van der Waals surface area contributed by atoms with Gasteiger partial charge in [0.05, 0.1) is 17.4 Å². The molecule has 1 aliphatic rings. The third-order valence-electron chi connectivity index (χ3n) is 9.27. The Morgan fingerprint density at radius 3 is 2.10 bits per heavy atom. The summed E-state index contributed by atoms with van der Waals surface area (Å²) in [5, 5.41) is 13.7. The number of aryl methyl sites for hydroxylation is 2. The largest absolute Gasteiger partial charge is 0.489 e. The summed E-state index contributed by atoms with van der Waals surface area (Å²) >= 11 is 0. The molecular formula is C43H43N3O4. The second kappa shape index (κ2) is 16.2. The number of nitrogens with one attached hydrogen (secondary N) is 1. The zero-order valence-corrected chi connectivity index (χ0v) is 28.6. The number of carbonyl (C=O) groups is 2. The molecule has 0 saturated carbocycles. The molecule has 0 radical (unpaired) electrons. The normalized spacial score (nSPS) is 15.4. The molecule has 0 unspecified atom stereocenters. The van der Waals surface area contributed by atoms with Crippen molar-refractivity contribution in [2.75, 3.05) is 11.9 Å². The maximum atomic E-state index is 13.8. The number of ether oxygens (including phenoxy) is 1. The molecule has 1 heterocycles. The number of para-hydroxylation sites is 1. The molecule has 0 spiro atoms. The lowest BCUT2D eigenvalue weighted by Gasteiger charge is -2.24. The summed E-state index contributed by atoms with van der Waals surface area (Å²) < 4.78 is 6.08. The number of carboxylic acids is 1. The Labute approximate surface area is 294 Å². The molecule has 7 heteroatoms. The number of likely N-dealkylation sites (tertiary alicyclic amines) is 1. The van der Waals surface area contributed by atoms with Gasteiger partial charge < -0.3 is 15.2 Å². The van der Waals surface area contributed by atoms with Gasteiger partial charge in [-0.2, -0.15) is 0 Å². The van der Waals surface area contributed by atoms with Crippen LogP contribution in [-0.4, -0.2) is 46.2 Å². The molecule has 50 heavy (non-hydrogen) atoms. The molecule has 0 aliphatic carbocycles. The maximum absolute atomic E-state index is 13.8. The van der Waals surface area contributed by atoms with Crippen LogP contribution in [0.5, 0.6) is 5.75 Å². The van der Waals surface area contributed by atoms with Gasteiger partial charge in [-0.05, 0) is 79.3 Å².